The van der Waals surface area contributed by atoms with Crippen molar-refractivity contribution in [1.82, 2.24) is 10.6 Å². The van der Waals surface area contributed by atoms with Crippen LogP contribution < -0.4 is 10.6 Å². The van der Waals surface area contributed by atoms with Crippen molar-refractivity contribution in [3.05, 3.63) is 0 Å². The van der Waals surface area contributed by atoms with Gasteiger partial charge < -0.3 is 10.6 Å². The number of hydrogen-bond donors (Lipinski definition) is 2. The van der Waals surface area contributed by atoms with E-state index in [1.54, 1.807) is 0 Å². The lowest BCUT2D eigenvalue weighted by atomic mass is 10.3. The number of nitrogens with one attached hydrogen (secondary N) is 2. The molecule has 0 saturated carbocycles. The van der Waals surface area contributed by atoms with Gasteiger partial charge in [-0.3, -0.25) is 0 Å². The molecule has 0 aromatic heterocycles. The van der Waals surface area contributed by atoms with Gasteiger partial charge in [0.05, 0.1) is 0 Å². The van der Waals surface area contributed by atoms with Gasteiger partial charge in [-0.2, -0.15) is 0 Å². The number of halogens is 1. The lowest BCUT2D eigenvalue weighted by molar-refractivity contribution is 0.439. The van der Waals surface area contributed by atoms with Crippen molar-refractivity contribution >= 4 is 0 Å². The number of alkyl halides is 1. The summed E-state index contributed by atoms with van der Waals surface area (Å²) in [5, 5.41) is 6.29. The van der Waals surface area contributed by atoms with E-state index in [2.05, 4.69) is 10.6 Å². The standard InChI is InChI=1S/C6H13FN2/c7-2-4-9-6-1-3-8-5-6/h6,8-9H,1-5H2. The van der Waals surface area contributed by atoms with E-state index < -0.39 is 0 Å². The summed E-state index contributed by atoms with van der Waals surface area (Å²) in [5.74, 6) is 0. The fourth-order valence-corrected chi connectivity index (χ4v) is 1.09. The van der Waals surface area contributed by atoms with E-state index in [-0.39, 0.29) is 6.67 Å². The molecule has 1 fully saturated rings. The molecule has 1 rings (SSSR count). The van der Waals surface area contributed by atoms with Crippen LogP contribution in [-0.2, 0) is 0 Å². The normalized spacial score (nSPS) is 27.0. The first-order valence-corrected chi connectivity index (χ1v) is 3.43. The average molecular weight is 132 g/mol. The molecule has 1 saturated heterocycles. The zero-order valence-electron chi connectivity index (χ0n) is 5.49. The van der Waals surface area contributed by atoms with E-state index in [1.165, 1.54) is 0 Å². The van der Waals surface area contributed by atoms with Gasteiger partial charge in [0.2, 0.25) is 0 Å². The Labute approximate surface area is 54.8 Å². The minimum absolute atomic E-state index is 0.253. The summed E-state index contributed by atoms with van der Waals surface area (Å²) < 4.78 is 11.6. The van der Waals surface area contributed by atoms with Gasteiger partial charge in [-0.15, -0.1) is 0 Å². The first kappa shape index (κ1) is 6.96. The van der Waals surface area contributed by atoms with E-state index in [1.807, 2.05) is 0 Å². The van der Waals surface area contributed by atoms with Crippen LogP contribution in [0.4, 0.5) is 4.39 Å². The largest absolute Gasteiger partial charge is 0.315 e. The van der Waals surface area contributed by atoms with Crippen LogP contribution in [0.15, 0.2) is 0 Å². The molecule has 1 aliphatic rings. The van der Waals surface area contributed by atoms with E-state index in [0.29, 0.717) is 12.6 Å². The van der Waals surface area contributed by atoms with Crippen LogP contribution in [0.2, 0.25) is 0 Å². The van der Waals surface area contributed by atoms with Crippen molar-refractivity contribution in [3.63, 3.8) is 0 Å². The van der Waals surface area contributed by atoms with Crippen molar-refractivity contribution in [2.24, 2.45) is 0 Å². The zero-order valence-corrected chi connectivity index (χ0v) is 5.49. The fraction of sp³-hybridized carbons (Fsp3) is 1.00. The molecule has 3 heteroatoms. The van der Waals surface area contributed by atoms with Crippen molar-refractivity contribution in [2.75, 3.05) is 26.3 Å². The summed E-state index contributed by atoms with van der Waals surface area (Å²) in [6, 6.07) is 0.515. The van der Waals surface area contributed by atoms with Gasteiger partial charge in [-0.1, -0.05) is 0 Å². The molecule has 1 heterocycles. The van der Waals surface area contributed by atoms with Gasteiger partial charge in [0, 0.05) is 19.1 Å². The molecule has 1 aliphatic heterocycles. The molecule has 54 valence electrons. The van der Waals surface area contributed by atoms with Gasteiger partial charge in [-0.25, -0.2) is 4.39 Å². The van der Waals surface area contributed by atoms with E-state index in [0.717, 1.165) is 19.5 Å². The minimum atomic E-state index is -0.253. The SMILES string of the molecule is FCCNC1CCNC1. The molecule has 9 heavy (non-hydrogen) atoms. The second-order valence-corrected chi connectivity index (χ2v) is 2.33. The Morgan fingerprint density at radius 3 is 3.11 bits per heavy atom. The second kappa shape index (κ2) is 3.80. The zero-order chi connectivity index (χ0) is 6.53. The molecular weight excluding hydrogens is 119 g/mol. The Bertz CT molecular complexity index is 71.5. The maximum atomic E-state index is 11.6. The van der Waals surface area contributed by atoms with Crippen LogP contribution >= 0.6 is 0 Å². The minimum Gasteiger partial charge on any atom is -0.315 e. The Hall–Kier alpha value is -0.150. The highest BCUT2D eigenvalue weighted by atomic mass is 19.1. The molecule has 0 aliphatic carbocycles. The van der Waals surface area contributed by atoms with Gasteiger partial charge in [0.25, 0.3) is 0 Å². The first-order chi connectivity index (χ1) is 4.43. The molecule has 1 unspecified atom stereocenters. The van der Waals surface area contributed by atoms with Crippen LogP contribution in [0.25, 0.3) is 0 Å². The Balaban J connectivity index is 1.98. The Kier molecular flexibility index (Phi) is 2.94. The highest BCUT2D eigenvalue weighted by molar-refractivity contribution is 4.76. The maximum Gasteiger partial charge on any atom is 0.102 e. The lowest BCUT2D eigenvalue weighted by Crippen LogP contribution is -2.32. The smallest absolute Gasteiger partial charge is 0.102 e. The predicted octanol–water partition coefficient (Wildman–Crippen LogP) is -0.0926. The molecule has 0 aromatic carbocycles. The highest BCUT2D eigenvalue weighted by Crippen LogP contribution is 1.95. The third-order valence-electron chi connectivity index (χ3n) is 1.59. The summed E-state index contributed by atoms with van der Waals surface area (Å²) in [6.45, 7) is 2.33. The maximum absolute atomic E-state index is 11.6. The monoisotopic (exact) mass is 132 g/mol. The van der Waals surface area contributed by atoms with Crippen LogP contribution in [0.5, 0.6) is 0 Å². The van der Waals surface area contributed by atoms with Gasteiger partial charge in [0.15, 0.2) is 0 Å². The quantitative estimate of drug-likeness (QED) is 0.560. The molecule has 0 amide bonds. The molecule has 0 bridgehead atoms. The number of rotatable bonds is 3. The summed E-state index contributed by atoms with van der Waals surface area (Å²) in [7, 11) is 0. The number of hydrogen-bond acceptors (Lipinski definition) is 2. The third-order valence-corrected chi connectivity index (χ3v) is 1.59. The van der Waals surface area contributed by atoms with Gasteiger partial charge in [0.1, 0.15) is 6.67 Å². The van der Waals surface area contributed by atoms with E-state index in [9.17, 15) is 4.39 Å². The molecular formula is C6H13FN2. The van der Waals surface area contributed by atoms with Crippen LogP contribution in [-0.4, -0.2) is 32.4 Å². The molecule has 1 atom stereocenters. The second-order valence-electron chi connectivity index (χ2n) is 2.33. The molecule has 0 aromatic rings. The van der Waals surface area contributed by atoms with Gasteiger partial charge in [-0.05, 0) is 13.0 Å². The van der Waals surface area contributed by atoms with Crippen molar-refractivity contribution in [3.8, 4) is 0 Å². The first-order valence-electron chi connectivity index (χ1n) is 3.43. The van der Waals surface area contributed by atoms with Gasteiger partial charge >= 0.3 is 0 Å². The molecule has 0 spiro atoms. The Morgan fingerprint density at radius 2 is 2.56 bits per heavy atom. The van der Waals surface area contributed by atoms with E-state index >= 15 is 0 Å². The van der Waals surface area contributed by atoms with Crippen LogP contribution in [0, 0.1) is 0 Å². The molecule has 2 N–H and O–H groups in total. The average Bonchev–Trinajstić information content (AvgIpc) is 2.34. The van der Waals surface area contributed by atoms with E-state index in [4.69, 9.17) is 0 Å². The summed E-state index contributed by atoms with van der Waals surface area (Å²) in [6.07, 6.45) is 1.14. The summed E-state index contributed by atoms with van der Waals surface area (Å²) in [5.41, 5.74) is 0. The molecule has 2 nitrogen and oxygen atoms in total. The van der Waals surface area contributed by atoms with Crippen LogP contribution in [0.3, 0.4) is 0 Å². The highest BCUT2D eigenvalue weighted by Gasteiger charge is 2.11. The summed E-state index contributed by atoms with van der Waals surface area (Å²) in [4.78, 5) is 0. The Morgan fingerprint density at radius 1 is 1.67 bits per heavy atom. The predicted molar refractivity (Wildman–Crippen MR) is 35.3 cm³/mol. The summed E-state index contributed by atoms with van der Waals surface area (Å²) >= 11 is 0. The van der Waals surface area contributed by atoms with Crippen molar-refractivity contribution < 1.29 is 4.39 Å². The lowest BCUT2D eigenvalue weighted by Gasteiger charge is -2.07. The fourth-order valence-electron chi connectivity index (χ4n) is 1.09. The van der Waals surface area contributed by atoms with Crippen molar-refractivity contribution in [2.45, 2.75) is 12.5 Å². The van der Waals surface area contributed by atoms with Crippen molar-refractivity contribution in [1.29, 1.82) is 0 Å². The topological polar surface area (TPSA) is 24.1 Å². The third kappa shape index (κ3) is 2.28. The van der Waals surface area contributed by atoms with Crippen LogP contribution in [0.1, 0.15) is 6.42 Å². The molecule has 0 radical (unpaired) electrons.